The van der Waals surface area contributed by atoms with Crippen molar-refractivity contribution in [2.75, 3.05) is 11.4 Å². The molecule has 0 aromatic heterocycles. The fourth-order valence-electron chi connectivity index (χ4n) is 9.23. The standard InChI is InChI=1S/C48H45N.C4H10/c1-6-8-17-33(3)49(7-2)45-27-16-20-35-18-15-19-36(46(35)45)30-28-34-29-31-40-38(32-34)37-21-9-10-22-39(37)48(40)43-25-13-11-23-41(43)47(4,5)42-24-12-14-26-44(42)48;1-3-4-2/h6,8-9,11-21,23-33H,1,7,10,22H2,2-5H3;3-4H2,1-2H3/b17-8-,30-28?;. The van der Waals surface area contributed by atoms with E-state index in [9.17, 15) is 0 Å². The van der Waals surface area contributed by atoms with Gasteiger partial charge in [-0.3, -0.25) is 0 Å². The van der Waals surface area contributed by atoms with Gasteiger partial charge in [-0.05, 0) is 99.9 Å². The Morgan fingerprint density at radius 2 is 1.42 bits per heavy atom. The minimum atomic E-state index is -0.273. The first-order chi connectivity index (χ1) is 25.8. The number of benzene rings is 5. The van der Waals surface area contributed by atoms with Crippen molar-refractivity contribution in [2.24, 2.45) is 0 Å². The van der Waals surface area contributed by atoms with E-state index in [4.69, 9.17) is 0 Å². The molecule has 5 aromatic carbocycles. The van der Waals surface area contributed by atoms with Gasteiger partial charge in [0.1, 0.15) is 0 Å². The van der Waals surface area contributed by atoms with Crippen molar-refractivity contribution in [1.29, 1.82) is 0 Å². The van der Waals surface area contributed by atoms with Crippen LogP contribution in [0.2, 0.25) is 0 Å². The smallest absolute Gasteiger partial charge is 0.0682 e. The molecule has 1 unspecified atom stereocenters. The molecule has 0 fully saturated rings. The first kappa shape index (κ1) is 36.2. The lowest BCUT2D eigenvalue weighted by Crippen LogP contribution is -2.41. The molecule has 0 saturated carbocycles. The SMILES string of the molecule is C=C/C=C\C(C)N(CC)c1cccc2cccc(C=Cc3ccc4c(c3)C3=C(CCC=C3)C43c4ccccc4C(C)(C)c4ccccc43)c12.CCCC. The van der Waals surface area contributed by atoms with E-state index in [0.29, 0.717) is 0 Å². The maximum atomic E-state index is 3.88. The molecule has 0 radical (unpaired) electrons. The zero-order valence-corrected chi connectivity index (χ0v) is 32.6. The fraction of sp³-hybridized carbons (Fsp3) is 0.269. The number of rotatable bonds is 8. The van der Waals surface area contributed by atoms with Crippen LogP contribution in [0.4, 0.5) is 5.69 Å². The Morgan fingerprint density at radius 3 is 2.06 bits per heavy atom. The molecule has 0 N–H and O–H groups in total. The van der Waals surface area contributed by atoms with Crippen LogP contribution < -0.4 is 4.90 Å². The minimum absolute atomic E-state index is 0.0699. The molecule has 0 amide bonds. The summed E-state index contributed by atoms with van der Waals surface area (Å²) >= 11 is 0. The summed E-state index contributed by atoms with van der Waals surface area (Å²) in [7, 11) is 0. The lowest BCUT2D eigenvalue weighted by atomic mass is 9.54. The molecule has 53 heavy (non-hydrogen) atoms. The van der Waals surface area contributed by atoms with E-state index in [1.807, 2.05) is 12.2 Å². The summed E-state index contributed by atoms with van der Waals surface area (Å²) in [6, 6.07) is 39.3. The average molecular weight is 694 g/mol. The van der Waals surface area contributed by atoms with Crippen molar-refractivity contribution < 1.29 is 0 Å². The summed E-state index contributed by atoms with van der Waals surface area (Å²) < 4.78 is 0. The lowest BCUT2D eigenvalue weighted by Gasteiger charge is -2.47. The number of nitrogens with zero attached hydrogens (tertiary/aromatic N) is 1. The fourth-order valence-corrected chi connectivity index (χ4v) is 9.23. The van der Waals surface area contributed by atoms with Gasteiger partial charge >= 0.3 is 0 Å². The minimum Gasteiger partial charge on any atom is -0.365 e. The predicted molar refractivity (Wildman–Crippen MR) is 232 cm³/mol. The Morgan fingerprint density at radius 1 is 0.755 bits per heavy atom. The normalized spacial score (nSPS) is 16.6. The van der Waals surface area contributed by atoms with Gasteiger partial charge in [-0.2, -0.15) is 0 Å². The molecule has 1 atom stereocenters. The highest BCUT2D eigenvalue weighted by Gasteiger charge is 2.53. The predicted octanol–water partition coefficient (Wildman–Crippen LogP) is 13.9. The number of anilines is 1. The Hall–Kier alpha value is -5.14. The largest absolute Gasteiger partial charge is 0.365 e. The number of hydrogen-bond acceptors (Lipinski definition) is 1. The van der Waals surface area contributed by atoms with Gasteiger partial charge in [0.15, 0.2) is 0 Å². The summed E-state index contributed by atoms with van der Waals surface area (Å²) in [5.41, 5.74) is 14.9. The summed E-state index contributed by atoms with van der Waals surface area (Å²) in [6.45, 7) is 18.4. The third-order valence-electron chi connectivity index (χ3n) is 11.9. The Bertz CT molecular complexity index is 2210. The van der Waals surface area contributed by atoms with Crippen LogP contribution in [0.3, 0.4) is 0 Å². The Kier molecular flexibility index (Phi) is 10.3. The van der Waals surface area contributed by atoms with Gasteiger partial charge < -0.3 is 4.90 Å². The van der Waals surface area contributed by atoms with Gasteiger partial charge in [-0.1, -0.05) is 181 Å². The van der Waals surface area contributed by atoms with E-state index in [2.05, 4.69) is 187 Å². The van der Waals surface area contributed by atoms with Gasteiger partial charge in [0.2, 0.25) is 0 Å². The van der Waals surface area contributed by atoms with Crippen molar-refractivity contribution in [3.8, 4) is 0 Å². The van der Waals surface area contributed by atoms with Crippen LogP contribution in [0.1, 0.15) is 112 Å². The summed E-state index contributed by atoms with van der Waals surface area (Å²) in [6.07, 6.45) is 20.3. The van der Waals surface area contributed by atoms with Crippen LogP contribution in [-0.4, -0.2) is 12.6 Å². The molecule has 0 saturated heterocycles. The maximum Gasteiger partial charge on any atom is 0.0682 e. The van der Waals surface area contributed by atoms with Crippen LogP contribution >= 0.6 is 0 Å². The Balaban J connectivity index is 0.00000104. The maximum absolute atomic E-state index is 3.88. The van der Waals surface area contributed by atoms with Crippen LogP contribution in [-0.2, 0) is 10.8 Å². The van der Waals surface area contributed by atoms with Crippen molar-refractivity contribution in [2.45, 2.75) is 84.1 Å². The molecule has 8 rings (SSSR count). The molecule has 0 aliphatic heterocycles. The molecule has 0 bridgehead atoms. The summed E-state index contributed by atoms with van der Waals surface area (Å²) in [5, 5.41) is 2.55. The summed E-state index contributed by atoms with van der Waals surface area (Å²) in [4.78, 5) is 2.47. The zero-order chi connectivity index (χ0) is 37.2. The van der Waals surface area contributed by atoms with Crippen LogP contribution in [0, 0.1) is 0 Å². The highest BCUT2D eigenvalue weighted by Crippen LogP contribution is 2.62. The average Bonchev–Trinajstić information content (AvgIpc) is 3.49. The monoisotopic (exact) mass is 693 g/mol. The molecule has 3 aliphatic rings. The molecule has 1 spiro atoms. The second-order valence-corrected chi connectivity index (χ2v) is 15.3. The topological polar surface area (TPSA) is 3.24 Å². The second kappa shape index (κ2) is 15.1. The number of allylic oxidation sites excluding steroid dienone is 6. The highest BCUT2D eigenvalue weighted by molar-refractivity contribution is 6.02. The number of hydrogen-bond donors (Lipinski definition) is 0. The van der Waals surface area contributed by atoms with E-state index in [-0.39, 0.29) is 16.9 Å². The van der Waals surface area contributed by atoms with Gasteiger partial charge in [-0.15, -0.1) is 0 Å². The quantitative estimate of drug-likeness (QED) is 0.115. The molecule has 5 aromatic rings. The molecular formula is C52H55N. The van der Waals surface area contributed by atoms with E-state index in [1.54, 1.807) is 5.57 Å². The third-order valence-corrected chi connectivity index (χ3v) is 11.9. The summed E-state index contributed by atoms with van der Waals surface area (Å²) in [5.74, 6) is 0. The van der Waals surface area contributed by atoms with E-state index in [0.717, 1.165) is 19.4 Å². The van der Waals surface area contributed by atoms with Gasteiger partial charge in [0.05, 0.1) is 5.41 Å². The molecule has 268 valence electrons. The van der Waals surface area contributed by atoms with Crippen molar-refractivity contribution in [3.63, 3.8) is 0 Å². The van der Waals surface area contributed by atoms with Gasteiger partial charge in [0.25, 0.3) is 0 Å². The Labute approximate surface area is 318 Å². The zero-order valence-electron chi connectivity index (χ0n) is 32.6. The van der Waals surface area contributed by atoms with Crippen LogP contribution in [0.15, 0.2) is 146 Å². The van der Waals surface area contributed by atoms with E-state index in [1.165, 1.54) is 79.4 Å². The van der Waals surface area contributed by atoms with Crippen molar-refractivity contribution in [1.82, 2.24) is 0 Å². The molecule has 0 heterocycles. The molecule has 1 nitrogen and oxygen atoms in total. The molecular weight excluding hydrogens is 639 g/mol. The van der Waals surface area contributed by atoms with Gasteiger partial charge in [-0.25, -0.2) is 0 Å². The number of likely N-dealkylation sites (N-methyl/N-ethyl adjacent to an activating group) is 1. The first-order valence-corrected chi connectivity index (χ1v) is 19.8. The van der Waals surface area contributed by atoms with E-state index < -0.39 is 0 Å². The molecule has 3 aliphatic carbocycles. The molecule has 1 heteroatoms. The van der Waals surface area contributed by atoms with Crippen LogP contribution in [0.5, 0.6) is 0 Å². The first-order valence-electron chi connectivity index (χ1n) is 19.8. The van der Waals surface area contributed by atoms with E-state index >= 15 is 0 Å². The van der Waals surface area contributed by atoms with Crippen LogP contribution in [0.25, 0.3) is 28.5 Å². The third kappa shape index (κ3) is 6.05. The van der Waals surface area contributed by atoms with Gasteiger partial charge in [0, 0.05) is 29.1 Å². The lowest BCUT2D eigenvalue weighted by molar-refractivity contribution is 0.550. The second-order valence-electron chi connectivity index (χ2n) is 15.3. The number of fused-ring (bicyclic) bond motifs is 9. The van der Waals surface area contributed by atoms with Crippen molar-refractivity contribution >= 4 is 34.2 Å². The number of unbranched alkanes of at least 4 members (excludes halogenated alkanes) is 1. The van der Waals surface area contributed by atoms with Crippen molar-refractivity contribution in [3.05, 3.63) is 190 Å². The highest BCUT2D eigenvalue weighted by atomic mass is 15.1.